The van der Waals surface area contributed by atoms with Crippen LogP contribution in [0.2, 0.25) is 0 Å². The van der Waals surface area contributed by atoms with E-state index in [1.54, 1.807) is 0 Å². The zero-order chi connectivity index (χ0) is 12.5. The van der Waals surface area contributed by atoms with Gasteiger partial charge in [0.2, 0.25) is 5.91 Å². The predicted molar refractivity (Wildman–Crippen MR) is 77.9 cm³/mol. The summed E-state index contributed by atoms with van der Waals surface area (Å²) < 4.78 is 0. The minimum Gasteiger partial charge on any atom is -0.354 e. The average Bonchev–Trinajstić information content (AvgIpc) is 2.35. The number of carbonyl (C=O) groups excluding carboxylic acids is 1. The van der Waals surface area contributed by atoms with Crippen molar-refractivity contribution in [2.75, 3.05) is 6.54 Å². The van der Waals surface area contributed by atoms with Crippen molar-refractivity contribution in [2.24, 2.45) is 5.73 Å². The molecule has 0 fully saturated rings. The van der Waals surface area contributed by atoms with Gasteiger partial charge in [0, 0.05) is 12.5 Å². The van der Waals surface area contributed by atoms with Gasteiger partial charge in [-0.1, -0.05) is 30.3 Å². The molecule has 0 spiro atoms. The number of nitrogens with two attached hydrogens (primary N) is 1. The van der Waals surface area contributed by atoms with E-state index in [9.17, 15) is 4.79 Å². The van der Waals surface area contributed by atoms with E-state index in [1.165, 1.54) is 5.56 Å². The molecule has 1 rings (SSSR count). The van der Waals surface area contributed by atoms with Crippen LogP contribution in [0.4, 0.5) is 0 Å². The lowest BCUT2D eigenvalue weighted by molar-refractivity contribution is -0.121. The summed E-state index contributed by atoms with van der Waals surface area (Å²) >= 11 is 0. The molecule has 1 atom stereocenters. The summed E-state index contributed by atoms with van der Waals surface area (Å²) in [5.41, 5.74) is 6.68. The predicted octanol–water partition coefficient (Wildman–Crippen LogP) is 2.28. The quantitative estimate of drug-likeness (QED) is 0.799. The highest BCUT2D eigenvalue weighted by Crippen LogP contribution is 2.04. The van der Waals surface area contributed by atoms with Crippen LogP contribution in [0, 0.1) is 0 Å². The van der Waals surface area contributed by atoms with Gasteiger partial charge in [0.1, 0.15) is 0 Å². The van der Waals surface area contributed by atoms with Gasteiger partial charge in [-0.3, -0.25) is 4.79 Å². The molecule has 0 aliphatic carbocycles. The Morgan fingerprint density at radius 1 is 1.33 bits per heavy atom. The number of aryl methyl sites for hydroxylation is 1. The fraction of sp³-hybridized carbons (Fsp3) is 0.500. The van der Waals surface area contributed by atoms with E-state index >= 15 is 0 Å². The molecule has 3 N–H and O–H groups in total. The van der Waals surface area contributed by atoms with Crippen molar-refractivity contribution in [1.29, 1.82) is 0 Å². The number of nitrogens with one attached hydrogen (secondary N) is 1. The molecule has 1 amide bonds. The maximum absolute atomic E-state index is 11.5. The molecule has 1 aromatic rings. The van der Waals surface area contributed by atoms with Gasteiger partial charge < -0.3 is 11.1 Å². The van der Waals surface area contributed by atoms with Crippen LogP contribution < -0.4 is 11.1 Å². The Bertz CT molecular complexity index is 330. The van der Waals surface area contributed by atoms with Crippen molar-refractivity contribution >= 4 is 18.3 Å². The molecule has 0 aromatic heterocycles. The molecule has 18 heavy (non-hydrogen) atoms. The van der Waals surface area contributed by atoms with Crippen LogP contribution in [-0.2, 0) is 11.2 Å². The van der Waals surface area contributed by atoms with E-state index in [4.69, 9.17) is 5.73 Å². The summed E-state index contributed by atoms with van der Waals surface area (Å²) in [6.45, 7) is 2.62. The van der Waals surface area contributed by atoms with Crippen molar-refractivity contribution < 1.29 is 4.79 Å². The van der Waals surface area contributed by atoms with E-state index in [1.807, 2.05) is 25.1 Å². The van der Waals surface area contributed by atoms with Crippen molar-refractivity contribution in [3.05, 3.63) is 35.9 Å². The number of hydrogen-bond acceptors (Lipinski definition) is 2. The first-order valence-corrected chi connectivity index (χ1v) is 6.25. The second-order valence-electron chi connectivity index (χ2n) is 4.39. The second kappa shape index (κ2) is 9.92. The highest BCUT2D eigenvalue weighted by atomic mass is 35.5. The van der Waals surface area contributed by atoms with Crippen LogP contribution in [0.15, 0.2) is 30.3 Å². The molecular formula is C14H23ClN2O. The summed E-state index contributed by atoms with van der Waals surface area (Å²) in [6.07, 6.45) is 3.26. The molecule has 0 aliphatic rings. The number of halogens is 1. The van der Waals surface area contributed by atoms with Gasteiger partial charge in [0.15, 0.2) is 0 Å². The van der Waals surface area contributed by atoms with Crippen LogP contribution in [0.1, 0.15) is 31.7 Å². The molecule has 102 valence electrons. The standard InChI is InChI=1S/C14H22N2O.ClH/c1-12(16-14(17)8-5-11-15)9-10-13-6-3-2-4-7-13;/h2-4,6-7,12H,5,8-11,15H2,1H3,(H,16,17);1H. The molecule has 0 aliphatic heterocycles. The fourth-order valence-corrected chi connectivity index (χ4v) is 1.71. The van der Waals surface area contributed by atoms with Crippen molar-refractivity contribution in [3.63, 3.8) is 0 Å². The summed E-state index contributed by atoms with van der Waals surface area (Å²) in [6, 6.07) is 10.5. The molecule has 0 heterocycles. The zero-order valence-corrected chi connectivity index (χ0v) is 11.7. The molecule has 0 saturated carbocycles. The largest absolute Gasteiger partial charge is 0.354 e. The summed E-state index contributed by atoms with van der Waals surface area (Å²) in [5, 5.41) is 2.99. The van der Waals surface area contributed by atoms with Crippen LogP contribution in [0.3, 0.4) is 0 Å². The Morgan fingerprint density at radius 2 is 2.00 bits per heavy atom. The van der Waals surface area contributed by atoms with Gasteiger partial charge in [-0.2, -0.15) is 0 Å². The van der Waals surface area contributed by atoms with Crippen LogP contribution in [0.25, 0.3) is 0 Å². The molecular weight excluding hydrogens is 248 g/mol. The van der Waals surface area contributed by atoms with E-state index in [2.05, 4.69) is 17.4 Å². The third kappa shape index (κ3) is 7.30. The molecule has 0 radical (unpaired) electrons. The Kier molecular flexibility index (Phi) is 9.33. The minimum atomic E-state index is 0. The van der Waals surface area contributed by atoms with E-state index in [0.29, 0.717) is 13.0 Å². The Balaban J connectivity index is 0.00000289. The van der Waals surface area contributed by atoms with E-state index in [0.717, 1.165) is 19.3 Å². The van der Waals surface area contributed by atoms with E-state index in [-0.39, 0.29) is 24.4 Å². The maximum Gasteiger partial charge on any atom is 0.220 e. The number of benzene rings is 1. The lowest BCUT2D eigenvalue weighted by Gasteiger charge is -2.13. The third-order valence-electron chi connectivity index (χ3n) is 2.72. The molecule has 0 saturated heterocycles. The first-order valence-electron chi connectivity index (χ1n) is 6.25. The number of carbonyl (C=O) groups is 1. The summed E-state index contributed by atoms with van der Waals surface area (Å²) in [5.74, 6) is 0.107. The van der Waals surface area contributed by atoms with Crippen LogP contribution in [-0.4, -0.2) is 18.5 Å². The first kappa shape index (κ1) is 16.9. The Morgan fingerprint density at radius 3 is 2.61 bits per heavy atom. The first-order chi connectivity index (χ1) is 8.22. The van der Waals surface area contributed by atoms with Gasteiger partial charge in [-0.05, 0) is 38.3 Å². The monoisotopic (exact) mass is 270 g/mol. The maximum atomic E-state index is 11.5. The van der Waals surface area contributed by atoms with Crippen molar-refractivity contribution in [2.45, 2.75) is 38.6 Å². The minimum absolute atomic E-state index is 0. The lowest BCUT2D eigenvalue weighted by Crippen LogP contribution is -2.33. The highest BCUT2D eigenvalue weighted by Gasteiger charge is 2.06. The molecule has 0 bridgehead atoms. The molecule has 1 unspecified atom stereocenters. The van der Waals surface area contributed by atoms with Gasteiger partial charge in [0.25, 0.3) is 0 Å². The summed E-state index contributed by atoms with van der Waals surface area (Å²) in [4.78, 5) is 11.5. The van der Waals surface area contributed by atoms with Crippen molar-refractivity contribution in [3.8, 4) is 0 Å². The molecule has 1 aromatic carbocycles. The molecule has 3 nitrogen and oxygen atoms in total. The van der Waals surface area contributed by atoms with Gasteiger partial charge in [-0.25, -0.2) is 0 Å². The van der Waals surface area contributed by atoms with Gasteiger partial charge in [0.05, 0.1) is 0 Å². The van der Waals surface area contributed by atoms with Gasteiger partial charge in [-0.15, -0.1) is 12.4 Å². The average molecular weight is 271 g/mol. The highest BCUT2D eigenvalue weighted by molar-refractivity contribution is 5.85. The third-order valence-corrected chi connectivity index (χ3v) is 2.72. The summed E-state index contributed by atoms with van der Waals surface area (Å²) in [7, 11) is 0. The smallest absolute Gasteiger partial charge is 0.220 e. The van der Waals surface area contributed by atoms with Crippen LogP contribution >= 0.6 is 12.4 Å². The Hall–Kier alpha value is -1.06. The Labute approximate surface area is 116 Å². The van der Waals surface area contributed by atoms with Crippen LogP contribution in [0.5, 0.6) is 0 Å². The van der Waals surface area contributed by atoms with Crippen molar-refractivity contribution in [1.82, 2.24) is 5.32 Å². The number of rotatable bonds is 7. The lowest BCUT2D eigenvalue weighted by atomic mass is 10.1. The number of amides is 1. The normalized spacial score (nSPS) is 11.4. The SMILES string of the molecule is CC(CCc1ccccc1)NC(=O)CCCN.Cl. The van der Waals surface area contributed by atoms with E-state index < -0.39 is 0 Å². The number of hydrogen-bond donors (Lipinski definition) is 2. The fourth-order valence-electron chi connectivity index (χ4n) is 1.71. The zero-order valence-electron chi connectivity index (χ0n) is 10.9. The topological polar surface area (TPSA) is 55.1 Å². The van der Waals surface area contributed by atoms with Gasteiger partial charge >= 0.3 is 0 Å². The molecule has 4 heteroatoms. The second-order valence-corrected chi connectivity index (χ2v) is 4.39.